The molecule has 2 aromatic carbocycles. The van der Waals surface area contributed by atoms with E-state index in [4.69, 9.17) is 0 Å². The van der Waals surface area contributed by atoms with Crippen LogP contribution < -0.4 is 4.90 Å². The molecule has 6 heteroatoms. The molecule has 0 unspecified atom stereocenters. The van der Waals surface area contributed by atoms with Crippen molar-refractivity contribution in [3.05, 3.63) is 87.5 Å². The van der Waals surface area contributed by atoms with Crippen LogP contribution >= 0.6 is 0 Å². The maximum atomic E-state index is 13.4. The second-order valence-corrected chi connectivity index (χ2v) is 8.20. The quantitative estimate of drug-likeness (QED) is 0.333. The predicted octanol–water partition coefficient (Wildman–Crippen LogP) is 4.30. The second kappa shape index (κ2) is 6.49. The van der Waals surface area contributed by atoms with Gasteiger partial charge in [-0.2, -0.15) is 0 Å². The van der Waals surface area contributed by atoms with Crippen LogP contribution in [0.3, 0.4) is 0 Å². The third-order valence-corrected chi connectivity index (χ3v) is 6.62. The molecule has 2 bridgehead atoms. The minimum atomic E-state index is -0.533. The van der Waals surface area contributed by atoms with Crippen molar-refractivity contribution in [2.45, 2.75) is 13.8 Å². The fourth-order valence-electron chi connectivity index (χ4n) is 5.32. The Morgan fingerprint density at radius 1 is 0.967 bits per heavy atom. The molecule has 2 amide bonds. The maximum Gasteiger partial charge on any atom is 0.293 e. The van der Waals surface area contributed by atoms with Crippen molar-refractivity contribution >= 4 is 28.8 Å². The standard InChI is InChI=1S/C24H20N2O4/c1-13-8-11-18(19(12-13)26(29)30)25-23(27)21-16-9-10-17(22(21)24(25)28)20(16)14(2)15-6-4-3-5-7-15/h3-12,16-17,21-22H,1-2H3/t16-,17-,21-,22+/m1/s1. The monoisotopic (exact) mass is 400 g/mol. The number of benzene rings is 2. The van der Waals surface area contributed by atoms with Crippen LogP contribution in [0, 0.1) is 40.7 Å². The molecule has 3 aliphatic rings. The molecule has 2 aromatic rings. The van der Waals surface area contributed by atoms with Gasteiger partial charge in [0, 0.05) is 17.9 Å². The normalized spacial score (nSPS) is 28.3. The van der Waals surface area contributed by atoms with Gasteiger partial charge in [-0.1, -0.05) is 54.1 Å². The minimum Gasteiger partial charge on any atom is -0.274 e. The van der Waals surface area contributed by atoms with Gasteiger partial charge in [-0.3, -0.25) is 19.7 Å². The highest BCUT2D eigenvalue weighted by Gasteiger charge is 2.62. The smallest absolute Gasteiger partial charge is 0.274 e. The van der Waals surface area contributed by atoms with Gasteiger partial charge in [0.1, 0.15) is 5.69 Å². The Balaban J connectivity index is 1.57. The summed E-state index contributed by atoms with van der Waals surface area (Å²) in [5, 5.41) is 11.6. The van der Waals surface area contributed by atoms with E-state index in [1.165, 1.54) is 12.1 Å². The molecule has 1 saturated carbocycles. The van der Waals surface area contributed by atoms with E-state index < -0.39 is 16.8 Å². The lowest BCUT2D eigenvalue weighted by atomic mass is 9.85. The van der Waals surface area contributed by atoms with E-state index in [2.05, 4.69) is 0 Å². The molecule has 0 spiro atoms. The predicted molar refractivity (Wildman–Crippen MR) is 112 cm³/mol. The number of imide groups is 1. The van der Waals surface area contributed by atoms with Crippen molar-refractivity contribution in [2.75, 3.05) is 4.90 Å². The molecular formula is C24H20N2O4. The number of amides is 2. The average Bonchev–Trinajstić information content (AvgIpc) is 3.38. The van der Waals surface area contributed by atoms with Crippen LogP contribution in [0.5, 0.6) is 0 Å². The average molecular weight is 400 g/mol. The lowest BCUT2D eigenvalue weighted by Gasteiger charge is -2.20. The molecule has 2 fully saturated rings. The Hall–Kier alpha value is -3.54. The Kier molecular flexibility index (Phi) is 4.00. The van der Waals surface area contributed by atoms with Gasteiger partial charge in [-0.25, -0.2) is 4.90 Å². The number of anilines is 1. The first-order chi connectivity index (χ1) is 14.4. The number of nitrogens with zero attached hydrogens (tertiary/aromatic N) is 2. The Morgan fingerprint density at radius 2 is 1.57 bits per heavy atom. The summed E-state index contributed by atoms with van der Waals surface area (Å²) in [6.07, 6.45) is 4.04. The molecule has 150 valence electrons. The molecule has 0 aromatic heterocycles. The first kappa shape index (κ1) is 18.5. The number of allylic oxidation sites excluding steroid dienone is 4. The van der Waals surface area contributed by atoms with E-state index in [0.29, 0.717) is 5.56 Å². The van der Waals surface area contributed by atoms with Crippen molar-refractivity contribution in [3.63, 3.8) is 0 Å². The van der Waals surface area contributed by atoms with Crippen molar-refractivity contribution in [2.24, 2.45) is 23.7 Å². The third-order valence-electron chi connectivity index (χ3n) is 6.62. The fourth-order valence-corrected chi connectivity index (χ4v) is 5.32. The molecule has 1 saturated heterocycles. The van der Waals surface area contributed by atoms with Gasteiger partial charge in [0.15, 0.2) is 0 Å². The number of carbonyl (C=O) groups excluding carboxylic acids is 2. The molecule has 1 heterocycles. The first-order valence-electron chi connectivity index (χ1n) is 9.97. The summed E-state index contributed by atoms with van der Waals surface area (Å²) < 4.78 is 0. The van der Waals surface area contributed by atoms with Gasteiger partial charge in [0.05, 0.1) is 16.8 Å². The number of hydrogen-bond donors (Lipinski definition) is 0. The number of nitro groups is 1. The summed E-state index contributed by atoms with van der Waals surface area (Å²) >= 11 is 0. The van der Waals surface area contributed by atoms with Crippen molar-refractivity contribution < 1.29 is 14.5 Å². The lowest BCUT2D eigenvalue weighted by Crippen LogP contribution is -2.33. The first-order valence-corrected chi connectivity index (χ1v) is 9.97. The second-order valence-electron chi connectivity index (χ2n) is 8.20. The molecule has 0 N–H and O–H groups in total. The molecule has 0 radical (unpaired) electrons. The SMILES string of the molecule is CC(=C1[C@H]2C=C[C@H]1[C@H]1C(=O)N(c3ccc(C)cc3[N+](=O)[O-])C(=O)[C@H]12)c1ccccc1. The molecular weight excluding hydrogens is 380 g/mol. The van der Waals surface area contributed by atoms with Gasteiger partial charge in [0.25, 0.3) is 5.69 Å². The summed E-state index contributed by atoms with van der Waals surface area (Å²) in [4.78, 5) is 38.8. The summed E-state index contributed by atoms with van der Waals surface area (Å²) in [5.74, 6) is -1.97. The number of fused-ring (bicyclic) bond motifs is 5. The van der Waals surface area contributed by atoms with Crippen molar-refractivity contribution in [1.29, 1.82) is 0 Å². The van der Waals surface area contributed by atoms with Gasteiger partial charge in [0.2, 0.25) is 11.8 Å². The van der Waals surface area contributed by atoms with E-state index in [1.54, 1.807) is 13.0 Å². The molecule has 5 rings (SSSR count). The zero-order chi connectivity index (χ0) is 21.2. The Labute approximate surface area is 173 Å². The molecule has 2 aliphatic carbocycles. The van der Waals surface area contributed by atoms with Crippen LogP contribution in [-0.4, -0.2) is 16.7 Å². The van der Waals surface area contributed by atoms with Gasteiger partial charge >= 0.3 is 0 Å². The zero-order valence-corrected chi connectivity index (χ0v) is 16.6. The van der Waals surface area contributed by atoms with Gasteiger partial charge in [-0.15, -0.1) is 0 Å². The summed E-state index contributed by atoms with van der Waals surface area (Å²) in [7, 11) is 0. The van der Waals surface area contributed by atoms with Crippen LogP contribution in [0.1, 0.15) is 18.1 Å². The fraction of sp³-hybridized carbons (Fsp3) is 0.250. The van der Waals surface area contributed by atoms with Crippen LogP contribution in [0.4, 0.5) is 11.4 Å². The van der Waals surface area contributed by atoms with Gasteiger partial charge in [-0.05, 0) is 36.6 Å². The third kappa shape index (κ3) is 2.43. The van der Waals surface area contributed by atoms with E-state index in [-0.39, 0.29) is 35.0 Å². The van der Waals surface area contributed by atoms with E-state index in [1.807, 2.05) is 49.4 Å². The van der Waals surface area contributed by atoms with Gasteiger partial charge < -0.3 is 0 Å². The number of aryl methyl sites for hydroxylation is 1. The summed E-state index contributed by atoms with van der Waals surface area (Å²) in [5.41, 5.74) is 3.86. The maximum absolute atomic E-state index is 13.4. The molecule has 4 atom stereocenters. The van der Waals surface area contributed by atoms with Crippen LogP contribution in [0.2, 0.25) is 0 Å². The molecule has 1 aliphatic heterocycles. The number of carbonyl (C=O) groups is 2. The highest BCUT2D eigenvalue weighted by Crippen LogP contribution is 2.58. The van der Waals surface area contributed by atoms with Crippen LogP contribution in [-0.2, 0) is 9.59 Å². The van der Waals surface area contributed by atoms with Crippen molar-refractivity contribution in [3.8, 4) is 0 Å². The lowest BCUT2D eigenvalue weighted by molar-refractivity contribution is -0.384. The molecule has 30 heavy (non-hydrogen) atoms. The van der Waals surface area contributed by atoms with Crippen LogP contribution in [0.25, 0.3) is 5.57 Å². The van der Waals surface area contributed by atoms with E-state index in [9.17, 15) is 19.7 Å². The Bertz CT molecular complexity index is 1130. The van der Waals surface area contributed by atoms with Crippen LogP contribution in [0.15, 0.2) is 66.3 Å². The van der Waals surface area contributed by atoms with E-state index >= 15 is 0 Å². The highest BCUT2D eigenvalue weighted by molar-refractivity contribution is 6.24. The topological polar surface area (TPSA) is 80.5 Å². The number of rotatable bonds is 3. The van der Waals surface area contributed by atoms with E-state index in [0.717, 1.165) is 21.6 Å². The summed E-state index contributed by atoms with van der Waals surface area (Å²) in [6.45, 7) is 3.78. The number of hydrogen-bond acceptors (Lipinski definition) is 4. The molecule has 6 nitrogen and oxygen atoms in total. The zero-order valence-electron chi connectivity index (χ0n) is 16.6. The van der Waals surface area contributed by atoms with Crippen molar-refractivity contribution in [1.82, 2.24) is 0 Å². The minimum absolute atomic E-state index is 0.0692. The highest BCUT2D eigenvalue weighted by atomic mass is 16.6. The Morgan fingerprint density at radius 3 is 2.13 bits per heavy atom. The number of nitro benzene ring substituents is 1. The largest absolute Gasteiger partial charge is 0.293 e. The summed E-state index contributed by atoms with van der Waals surface area (Å²) in [6, 6.07) is 14.6.